The lowest BCUT2D eigenvalue weighted by atomic mass is 10.2. The molecule has 0 saturated heterocycles. The van der Waals surface area contributed by atoms with Crippen molar-refractivity contribution < 1.29 is 9.53 Å². The molecule has 0 N–H and O–H groups in total. The maximum Gasteiger partial charge on any atom is 0.142 e. The van der Waals surface area contributed by atoms with Crippen LogP contribution in [0.25, 0.3) is 22.8 Å². The fourth-order valence-corrected chi connectivity index (χ4v) is 2.70. The van der Waals surface area contributed by atoms with E-state index in [4.69, 9.17) is 4.74 Å². The van der Waals surface area contributed by atoms with E-state index in [2.05, 4.69) is 9.67 Å². The molecule has 2 heterocycles. The Morgan fingerprint density at radius 2 is 2.09 bits per heavy atom. The molecule has 0 atom stereocenters. The zero-order chi connectivity index (χ0) is 15.7. The Labute approximate surface area is 128 Å². The molecule has 0 amide bonds. The molecule has 3 rings (SSSR count). The van der Waals surface area contributed by atoms with Gasteiger partial charge in [0.1, 0.15) is 17.9 Å². The highest BCUT2D eigenvalue weighted by atomic mass is 16.5. The van der Waals surface area contributed by atoms with Gasteiger partial charge in [0.25, 0.3) is 0 Å². The number of aryl methyl sites for hydroxylation is 2. The second kappa shape index (κ2) is 5.52. The van der Waals surface area contributed by atoms with E-state index in [9.17, 15) is 4.79 Å². The highest BCUT2D eigenvalue weighted by Crippen LogP contribution is 2.27. The molecule has 2 aromatic heterocycles. The molecular formula is C17H17N3O2. The maximum absolute atomic E-state index is 10.7. The summed E-state index contributed by atoms with van der Waals surface area (Å²) in [6.45, 7) is 1.93. The number of carbonyl (C=O) groups is 1. The summed E-state index contributed by atoms with van der Waals surface area (Å²) in [5.41, 5.74) is 2.83. The van der Waals surface area contributed by atoms with E-state index in [1.807, 2.05) is 49.1 Å². The molecule has 0 aliphatic rings. The number of ether oxygens (including phenoxy) is 1. The van der Waals surface area contributed by atoms with Crippen molar-refractivity contribution in [3.05, 3.63) is 47.8 Å². The van der Waals surface area contributed by atoms with Crippen molar-refractivity contribution in [2.24, 2.45) is 7.05 Å². The standard InChI is InChI=1S/C17H17N3O2/c1-12-15(5-4-10-21)17(19(2)18-12)20-9-8-13-6-7-14(22-3)11-16(13)20/h4-11H,1-3H3/b5-4+. The summed E-state index contributed by atoms with van der Waals surface area (Å²) in [6.07, 6.45) is 6.04. The Morgan fingerprint density at radius 3 is 2.82 bits per heavy atom. The number of benzene rings is 1. The number of allylic oxidation sites excluding steroid dienone is 1. The van der Waals surface area contributed by atoms with Gasteiger partial charge in [0, 0.05) is 30.3 Å². The van der Waals surface area contributed by atoms with Crippen LogP contribution in [0.2, 0.25) is 0 Å². The van der Waals surface area contributed by atoms with Crippen LogP contribution in [0.15, 0.2) is 36.5 Å². The smallest absolute Gasteiger partial charge is 0.142 e. The third-order valence-electron chi connectivity index (χ3n) is 3.71. The predicted molar refractivity (Wildman–Crippen MR) is 86.4 cm³/mol. The molecule has 5 nitrogen and oxygen atoms in total. The van der Waals surface area contributed by atoms with E-state index >= 15 is 0 Å². The SMILES string of the molecule is COc1ccc2ccn(-c3c(/C=C/C=O)c(C)nn3C)c2c1. The number of hydrogen-bond donors (Lipinski definition) is 0. The first kappa shape index (κ1) is 14.1. The van der Waals surface area contributed by atoms with Crippen molar-refractivity contribution >= 4 is 23.3 Å². The van der Waals surface area contributed by atoms with Gasteiger partial charge in [0.15, 0.2) is 0 Å². The molecule has 5 heteroatoms. The van der Waals surface area contributed by atoms with Gasteiger partial charge in [-0.25, -0.2) is 0 Å². The molecule has 0 aliphatic heterocycles. The van der Waals surface area contributed by atoms with Crippen LogP contribution < -0.4 is 4.74 Å². The minimum absolute atomic E-state index is 0.771. The molecule has 0 unspecified atom stereocenters. The van der Waals surface area contributed by atoms with E-state index in [0.717, 1.165) is 40.0 Å². The average molecular weight is 295 g/mol. The van der Waals surface area contributed by atoms with Gasteiger partial charge in [-0.3, -0.25) is 9.48 Å². The lowest BCUT2D eigenvalue weighted by Gasteiger charge is -2.08. The molecule has 0 bridgehead atoms. The third kappa shape index (κ3) is 2.20. The van der Waals surface area contributed by atoms with E-state index < -0.39 is 0 Å². The molecule has 0 saturated carbocycles. The van der Waals surface area contributed by atoms with E-state index in [0.29, 0.717) is 0 Å². The summed E-state index contributed by atoms with van der Waals surface area (Å²) in [6, 6.07) is 8.00. The van der Waals surface area contributed by atoms with E-state index in [-0.39, 0.29) is 0 Å². The third-order valence-corrected chi connectivity index (χ3v) is 3.71. The van der Waals surface area contributed by atoms with Gasteiger partial charge in [-0.05, 0) is 37.3 Å². The second-order valence-electron chi connectivity index (χ2n) is 5.05. The van der Waals surface area contributed by atoms with Crippen molar-refractivity contribution in [1.82, 2.24) is 14.3 Å². The number of nitrogens with zero attached hydrogens (tertiary/aromatic N) is 3. The summed E-state index contributed by atoms with van der Waals surface area (Å²) >= 11 is 0. The van der Waals surface area contributed by atoms with Gasteiger partial charge in [-0.2, -0.15) is 5.10 Å². The minimum Gasteiger partial charge on any atom is -0.497 e. The van der Waals surface area contributed by atoms with Crippen molar-refractivity contribution in [3.8, 4) is 11.6 Å². The van der Waals surface area contributed by atoms with Gasteiger partial charge < -0.3 is 9.30 Å². The fourth-order valence-electron chi connectivity index (χ4n) is 2.70. The number of aromatic nitrogens is 3. The Hall–Kier alpha value is -2.82. The molecule has 0 radical (unpaired) electrons. The number of rotatable bonds is 4. The van der Waals surface area contributed by atoms with Crippen LogP contribution in [0.5, 0.6) is 5.75 Å². The first-order chi connectivity index (χ1) is 10.7. The zero-order valence-electron chi connectivity index (χ0n) is 12.8. The van der Waals surface area contributed by atoms with Gasteiger partial charge >= 0.3 is 0 Å². The molecule has 0 aliphatic carbocycles. The molecule has 1 aromatic carbocycles. The Bertz CT molecular complexity index is 872. The summed E-state index contributed by atoms with van der Waals surface area (Å²) in [7, 11) is 3.55. The van der Waals surface area contributed by atoms with Crippen LogP contribution >= 0.6 is 0 Å². The van der Waals surface area contributed by atoms with Crippen LogP contribution in [-0.2, 0) is 11.8 Å². The summed E-state index contributed by atoms with van der Waals surface area (Å²) in [5, 5.41) is 5.58. The van der Waals surface area contributed by atoms with Gasteiger partial charge in [0.05, 0.1) is 18.3 Å². The number of fused-ring (bicyclic) bond motifs is 1. The van der Waals surface area contributed by atoms with Gasteiger partial charge in [0.2, 0.25) is 0 Å². The number of hydrogen-bond acceptors (Lipinski definition) is 3. The first-order valence-electron chi connectivity index (χ1n) is 6.96. The normalized spacial score (nSPS) is 11.4. The topological polar surface area (TPSA) is 49.1 Å². The predicted octanol–water partition coefficient (Wildman–Crippen LogP) is 2.89. The van der Waals surface area contributed by atoms with Crippen molar-refractivity contribution in [3.63, 3.8) is 0 Å². The van der Waals surface area contributed by atoms with Crippen molar-refractivity contribution in [2.45, 2.75) is 6.92 Å². The Balaban J connectivity index is 2.27. The molecule has 0 fully saturated rings. The molecular weight excluding hydrogens is 278 g/mol. The average Bonchev–Trinajstić information content (AvgIpc) is 3.04. The molecule has 112 valence electrons. The quantitative estimate of drug-likeness (QED) is 0.549. The zero-order valence-corrected chi connectivity index (χ0v) is 12.8. The van der Waals surface area contributed by atoms with Crippen LogP contribution in [-0.4, -0.2) is 27.7 Å². The fraction of sp³-hybridized carbons (Fsp3) is 0.176. The molecule has 3 aromatic rings. The van der Waals surface area contributed by atoms with E-state index in [1.165, 1.54) is 6.08 Å². The van der Waals surface area contributed by atoms with Crippen LogP contribution in [0.4, 0.5) is 0 Å². The lowest BCUT2D eigenvalue weighted by Crippen LogP contribution is -2.03. The highest BCUT2D eigenvalue weighted by Gasteiger charge is 2.15. The van der Waals surface area contributed by atoms with Gasteiger partial charge in [-0.15, -0.1) is 0 Å². The van der Waals surface area contributed by atoms with Crippen LogP contribution in [0, 0.1) is 6.92 Å². The van der Waals surface area contributed by atoms with E-state index in [1.54, 1.807) is 13.2 Å². The monoisotopic (exact) mass is 295 g/mol. The van der Waals surface area contributed by atoms with Crippen LogP contribution in [0.1, 0.15) is 11.3 Å². The van der Waals surface area contributed by atoms with Crippen molar-refractivity contribution in [1.29, 1.82) is 0 Å². The Kier molecular flexibility index (Phi) is 3.55. The van der Waals surface area contributed by atoms with Crippen molar-refractivity contribution in [2.75, 3.05) is 7.11 Å². The van der Waals surface area contributed by atoms with Gasteiger partial charge in [-0.1, -0.05) is 0 Å². The highest BCUT2D eigenvalue weighted by molar-refractivity contribution is 5.84. The Morgan fingerprint density at radius 1 is 1.27 bits per heavy atom. The molecule has 0 spiro atoms. The lowest BCUT2D eigenvalue weighted by molar-refractivity contribution is -0.104. The minimum atomic E-state index is 0.771. The number of carbonyl (C=O) groups excluding carboxylic acids is 1. The largest absolute Gasteiger partial charge is 0.497 e. The summed E-state index contributed by atoms with van der Waals surface area (Å²) in [4.78, 5) is 10.7. The summed E-state index contributed by atoms with van der Waals surface area (Å²) in [5.74, 6) is 1.72. The number of aldehydes is 1. The maximum atomic E-state index is 10.7. The number of methoxy groups -OCH3 is 1. The van der Waals surface area contributed by atoms with Crippen LogP contribution in [0.3, 0.4) is 0 Å². The summed E-state index contributed by atoms with van der Waals surface area (Å²) < 4.78 is 9.19. The first-order valence-corrected chi connectivity index (χ1v) is 6.96. The molecule has 22 heavy (non-hydrogen) atoms. The second-order valence-corrected chi connectivity index (χ2v) is 5.05.